The van der Waals surface area contributed by atoms with Crippen LogP contribution in [0.1, 0.15) is 13.0 Å². The molecule has 4 rings (SSSR count). The van der Waals surface area contributed by atoms with Gasteiger partial charge in [0.2, 0.25) is 5.82 Å². The molecule has 4 aromatic rings. The van der Waals surface area contributed by atoms with E-state index in [9.17, 15) is 4.79 Å². The maximum atomic E-state index is 12.7. The van der Waals surface area contributed by atoms with Crippen molar-refractivity contribution in [2.75, 3.05) is 5.32 Å². The summed E-state index contributed by atoms with van der Waals surface area (Å²) < 4.78 is 0. The van der Waals surface area contributed by atoms with Gasteiger partial charge >= 0.3 is 0 Å². The summed E-state index contributed by atoms with van der Waals surface area (Å²) in [7, 11) is 0. The molecule has 0 fully saturated rings. The van der Waals surface area contributed by atoms with E-state index < -0.39 is 6.04 Å². The molecule has 8 heteroatoms. The summed E-state index contributed by atoms with van der Waals surface area (Å²) in [6.45, 7) is 1.71. The third kappa shape index (κ3) is 3.50. The largest absolute Gasteiger partial charge is 0.324 e. The van der Waals surface area contributed by atoms with Crippen LogP contribution in [0.4, 0.5) is 5.69 Å². The first-order chi connectivity index (χ1) is 13.1. The van der Waals surface area contributed by atoms with Crippen molar-refractivity contribution < 1.29 is 4.79 Å². The highest BCUT2D eigenvalue weighted by Crippen LogP contribution is 2.23. The van der Waals surface area contributed by atoms with Gasteiger partial charge in [0, 0.05) is 22.2 Å². The number of halogens is 1. The predicted molar refractivity (Wildman–Crippen MR) is 103 cm³/mol. The summed E-state index contributed by atoms with van der Waals surface area (Å²) in [6, 6.07) is 15.8. The first kappa shape index (κ1) is 17.1. The molecule has 1 N–H and O–H groups in total. The molecule has 0 aliphatic heterocycles. The first-order valence-corrected chi connectivity index (χ1v) is 8.70. The van der Waals surface area contributed by atoms with Gasteiger partial charge in [-0.3, -0.25) is 9.78 Å². The number of tetrazole rings is 1. The van der Waals surface area contributed by atoms with E-state index in [0.717, 1.165) is 16.5 Å². The number of amides is 1. The van der Waals surface area contributed by atoms with Crippen LogP contribution in [0.2, 0.25) is 5.02 Å². The third-order valence-corrected chi connectivity index (χ3v) is 4.38. The molecule has 0 saturated heterocycles. The summed E-state index contributed by atoms with van der Waals surface area (Å²) in [5.74, 6) is 0.160. The zero-order valence-corrected chi connectivity index (χ0v) is 15.1. The molecule has 1 unspecified atom stereocenters. The fraction of sp³-hybridized carbons (Fsp3) is 0.105. The van der Waals surface area contributed by atoms with E-state index in [-0.39, 0.29) is 5.91 Å². The van der Waals surface area contributed by atoms with Gasteiger partial charge in [0.25, 0.3) is 5.91 Å². The molecule has 2 aromatic carbocycles. The number of aromatic nitrogens is 5. The first-order valence-electron chi connectivity index (χ1n) is 8.32. The summed E-state index contributed by atoms with van der Waals surface area (Å²) in [5.41, 5.74) is 2.24. The highest BCUT2D eigenvalue weighted by molar-refractivity contribution is 6.30. The van der Waals surface area contributed by atoms with Crippen LogP contribution < -0.4 is 5.32 Å². The van der Waals surface area contributed by atoms with Crippen LogP contribution in [0.5, 0.6) is 0 Å². The fourth-order valence-corrected chi connectivity index (χ4v) is 2.88. The molecule has 1 atom stereocenters. The zero-order valence-electron chi connectivity index (χ0n) is 14.4. The summed E-state index contributed by atoms with van der Waals surface area (Å²) >= 11 is 6.00. The van der Waals surface area contributed by atoms with E-state index in [1.54, 1.807) is 25.3 Å². The van der Waals surface area contributed by atoms with Crippen molar-refractivity contribution >= 4 is 34.1 Å². The van der Waals surface area contributed by atoms with Crippen molar-refractivity contribution in [2.24, 2.45) is 0 Å². The molecule has 2 heterocycles. The van der Waals surface area contributed by atoms with Crippen molar-refractivity contribution in [2.45, 2.75) is 13.0 Å². The minimum atomic E-state index is -0.641. The molecular weight excluding hydrogens is 364 g/mol. The summed E-state index contributed by atoms with van der Waals surface area (Å²) in [5, 5.41) is 16.7. The monoisotopic (exact) mass is 378 g/mol. The predicted octanol–water partition coefficient (Wildman–Crippen LogP) is 3.74. The Kier molecular flexibility index (Phi) is 4.52. The number of rotatable bonds is 4. The second-order valence-electron chi connectivity index (χ2n) is 5.98. The SMILES string of the molecule is CC(C(=O)Nc1cccc2ncccc12)n1nnc(-c2cccc(Cl)c2)n1. The third-order valence-electron chi connectivity index (χ3n) is 4.14. The molecule has 7 nitrogen and oxygen atoms in total. The average Bonchev–Trinajstić information content (AvgIpc) is 3.18. The smallest absolute Gasteiger partial charge is 0.250 e. The standard InChI is InChI=1S/C19H15ClN6O/c1-12(26-24-18(23-25-26)13-5-2-6-14(20)11-13)19(27)22-17-9-3-8-16-15(17)7-4-10-21-16/h2-12H,1H3,(H,22,27). The number of benzene rings is 2. The molecule has 2 aromatic heterocycles. The van der Waals surface area contributed by atoms with Crippen LogP contribution in [0.25, 0.3) is 22.3 Å². The van der Waals surface area contributed by atoms with Gasteiger partial charge in [-0.25, -0.2) is 0 Å². The Bertz CT molecular complexity index is 1120. The summed E-state index contributed by atoms with van der Waals surface area (Å²) in [4.78, 5) is 18.3. The normalized spacial score (nSPS) is 12.1. The molecule has 0 aliphatic carbocycles. The Balaban J connectivity index is 1.56. The van der Waals surface area contributed by atoms with Crippen molar-refractivity contribution in [1.29, 1.82) is 0 Å². The molecule has 1 amide bonds. The summed E-state index contributed by atoms with van der Waals surface area (Å²) in [6.07, 6.45) is 1.72. The van der Waals surface area contributed by atoms with Gasteiger partial charge in [0.1, 0.15) is 6.04 Å². The minimum Gasteiger partial charge on any atom is -0.324 e. The second kappa shape index (κ2) is 7.13. The highest BCUT2D eigenvalue weighted by atomic mass is 35.5. The average molecular weight is 379 g/mol. The number of hydrogen-bond donors (Lipinski definition) is 1. The van der Waals surface area contributed by atoms with Crippen LogP contribution in [-0.4, -0.2) is 31.1 Å². The van der Waals surface area contributed by atoms with Crippen LogP contribution in [-0.2, 0) is 4.79 Å². The van der Waals surface area contributed by atoms with Gasteiger partial charge in [-0.2, -0.15) is 4.80 Å². The van der Waals surface area contributed by atoms with Gasteiger partial charge in [0.05, 0.1) is 11.2 Å². The van der Waals surface area contributed by atoms with E-state index in [1.165, 1.54) is 4.80 Å². The lowest BCUT2D eigenvalue weighted by Gasteiger charge is -2.12. The van der Waals surface area contributed by atoms with Crippen LogP contribution in [0, 0.1) is 0 Å². The molecule has 0 radical (unpaired) electrons. The Morgan fingerprint density at radius 1 is 1.15 bits per heavy atom. The van der Waals surface area contributed by atoms with Gasteiger partial charge in [-0.15, -0.1) is 10.2 Å². The second-order valence-corrected chi connectivity index (χ2v) is 6.42. The van der Waals surface area contributed by atoms with E-state index in [0.29, 0.717) is 16.5 Å². The molecule has 0 aliphatic rings. The Hall–Kier alpha value is -3.32. The number of carbonyl (C=O) groups is 1. The Labute approximate surface area is 160 Å². The number of anilines is 1. The Morgan fingerprint density at radius 3 is 2.85 bits per heavy atom. The Morgan fingerprint density at radius 2 is 2.00 bits per heavy atom. The maximum Gasteiger partial charge on any atom is 0.250 e. The molecule has 0 saturated carbocycles. The lowest BCUT2D eigenvalue weighted by molar-refractivity contribution is -0.119. The number of pyridine rings is 1. The topological polar surface area (TPSA) is 85.6 Å². The molecular formula is C19H15ClN6O. The van der Waals surface area contributed by atoms with Crippen molar-refractivity contribution in [3.05, 3.63) is 65.8 Å². The molecule has 134 valence electrons. The maximum absolute atomic E-state index is 12.7. The number of nitrogens with zero attached hydrogens (tertiary/aromatic N) is 5. The minimum absolute atomic E-state index is 0.249. The number of fused-ring (bicyclic) bond motifs is 1. The van der Waals surface area contributed by atoms with Gasteiger partial charge in [-0.05, 0) is 48.5 Å². The lowest BCUT2D eigenvalue weighted by Crippen LogP contribution is -2.25. The highest BCUT2D eigenvalue weighted by Gasteiger charge is 2.19. The van der Waals surface area contributed by atoms with Gasteiger partial charge in [0.15, 0.2) is 0 Å². The van der Waals surface area contributed by atoms with Crippen molar-refractivity contribution in [1.82, 2.24) is 25.2 Å². The van der Waals surface area contributed by atoms with E-state index in [4.69, 9.17) is 11.6 Å². The molecule has 27 heavy (non-hydrogen) atoms. The van der Waals surface area contributed by atoms with Gasteiger partial charge < -0.3 is 5.32 Å². The lowest BCUT2D eigenvalue weighted by atomic mass is 10.1. The van der Waals surface area contributed by atoms with E-state index >= 15 is 0 Å². The zero-order chi connectivity index (χ0) is 18.8. The van der Waals surface area contributed by atoms with E-state index in [2.05, 4.69) is 25.7 Å². The van der Waals surface area contributed by atoms with Gasteiger partial charge in [-0.1, -0.05) is 29.8 Å². The van der Waals surface area contributed by atoms with E-state index in [1.807, 2.05) is 42.5 Å². The number of carbonyl (C=O) groups excluding carboxylic acids is 1. The van der Waals surface area contributed by atoms with Crippen molar-refractivity contribution in [3.63, 3.8) is 0 Å². The quantitative estimate of drug-likeness (QED) is 0.584. The van der Waals surface area contributed by atoms with Crippen LogP contribution >= 0.6 is 11.6 Å². The molecule has 0 spiro atoms. The van der Waals surface area contributed by atoms with Crippen LogP contribution in [0.15, 0.2) is 60.8 Å². The van der Waals surface area contributed by atoms with Crippen molar-refractivity contribution in [3.8, 4) is 11.4 Å². The number of hydrogen-bond acceptors (Lipinski definition) is 5. The molecule has 0 bridgehead atoms. The van der Waals surface area contributed by atoms with Crippen LogP contribution in [0.3, 0.4) is 0 Å². The fourth-order valence-electron chi connectivity index (χ4n) is 2.69. The number of nitrogens with one attached hydrogen (secondary N) is 1.